The molecule has 2 aliphatic rings. The Labute approximate surface area is 99.0 Å². The van der Waals surface area contributed by atoms with Gasteiger partial charge in [0.05, 0.1) is 6.07 Å². The van der Waals surface area contributed by atoms with E-state index < -0.39 is 0 Å². The summed E-state index contributed by atoms with van der Waals surface area (Å²) in [6, 6.07) is 2.24. The van der Waals surface area contributed by atoms with Crippen LogP contribution in [0.2, 0.25) is 0 Å². The van der Waals surface area contributed by atoms with E-state index in [0.29, 0.717) is 6.42 Å². The van der Waals surface area contributed by atoms with Crippen LogP contribution in [0.3, 0.4) is 0 Å². The molecule has 0 unspecified atom stereocenters. The fourth-order valence-corrected chi connectivity index (χ4v) is 2.93. The molecule has 2 rings (SSSR count). The smallest absolute Gasteiger partial charge is 0.0635 e. The molecule has 3 heteroatoms. The zero-order valence-electron chi connectivity index (χ0n) is 10.2. The Bertz CT molecular complexity index is 232. The second-order valence-corrected chi connectivity index (χ2v) is 5.20. The topological polar surface area (TPSA) is 30.3 Å². The summed E-state index contributed by atoms with van der Waals surface area (Å²) in [6.07, 6.45) is 6.17. The van der Waals surface area contributed by atoms with Crippen LogP contribution in [0.4, 0.5) is 0 Å². The average Bonchev–Trinajstić information content (AvgIpc) is 2.81. The van der Waals surface area contributed by atoms with Crippen LogP contribution in [0, 0.1) is 17.2 Å². The lowest BCUT2D eigenvalue weighted by Crippen LogP contribution is -2.38. The van der Waals surface area contributed by atoms with Gasteiger partial charge in [-0.05, 0) is 57.8 Å². The third-order valence-corrected chi connectivity index (χ3v) is 3.96. The lowest BCUT2D eigenvalue weighted by Gasteiger charge is -2.33. The molecule has 0 aromatic rings. The first kappa shape index (κ1) is 11.9. The molecule has 2 heterocycles. The van der Waals surface area contributed by atoms with E-state index in [1.165, 1.54) is 58.4 Å². The van der Waals surface area contributed by atoms with Gasteiger partial charge in [-0.2, -0.15) is 5.26 Å². The third kappa shape index (κ3) is 3.47. The summed E-state index contributed by atoms with van der Waals surface area (Å²) < 4.78 is 0. The Hall–Kier alpha value is -0.590. The highest BCUT2D eigenvalue weighted by molar-refractivity contribution is 4.79. The van der Waals surface area contributed by atoms with E-state index >= 15 is 0 Å². The maximum atomic E-state index is 8.56. The molecular formula is C13H23N3. The van der Waals surface area contributed by atoms with Gasteiger partial charge in [-0.1, -0.05) is 0 Å². The van der Waals surface area contributed by atoms with Crippen molar-refractivity contribution >= 4 is 0 Å². The Morgan fingerprint density at radius 1 is 1.00 bits per heavy atom. The first-order chi connectivity index (χ1) is 7.88. The van der Waals surface area contributed by atoms with E-state index in [1.54, 1.807) is 0 Å². The number of likely N-dealkylation sites (tertiary alicyclic amines) is 2. The van der Waals surface area contributed by atoms with Crippen LogP contribution >= 0.6 is 0 Å². The van der Waals surface area contributed by atoms with Crippen LogP contribution in [-0.2, 0) is 0 Å². The molecule has 90 valence electrons. The number of piperidine rings is 1. The van der Waals surface area contributed by atoms with Gasteiger partial charge in [0.2, 0.25) is 0 Å². The van der Waals surface area contributed by atoms with Crippen LogP contribution in [0.5, 0.6) is 0 Å². The van der Waals surface area contributed by atoms with Gasteiger partial charge in [0, 0.05) is 19.5 Å². The molecule has 0 saturated carbocycles. The molecule has 0 aromatic heterocycles. The zero-order valence-corrected chi connectivity index (χ0v) is 10.2. The Balaban J connectivity index is 1.63. The monoisotopic (exact) mass is 221 g/mol. The van der Waals surface area contributed by atoms with Gasteiger partial charge in [-0.3, -0.25) is 0 Å². The molecular weight excluding hydrogens is 198 g/mol. The van der Waals surface area contributed by atoms with Crippen molar-refractivity contribution in [1.82, 2.24) is 9.80 Å². The van der Waals surface area contributed by atoms with Gasteiger partial charge in [0.15, 0.2) is 0 Å². The van der Waals surface area contributed by atoms with Crippen molar-refractivity contribution in [3.8, 4) is 6.07 Å². The highest BCUT2D eigenvalue weighted by atomic mass is 15.2. The Morgan fingerprint density at radius 2 is 1.69 bits per heavy atom. The highest BCUT2D eigenvalue weighted by Gasteiger charge is 2.22. The van der Waals surface area contributed by atoms with Gasteiger partial charge >= 0.3 is 0 Å². The van der Waals surface area contributed by atoms with Crippen LogP contribution in [0.25, 0.3) is 0 Å². The molecule has 2 aliphatic heterocycles. The molecule has 0 bridgehead atoms. The number of hydrogen-bond acceptors (Lipinski definition) is 3. The zero-order chi connectivity index (χ0) is 11.2. The summed E-state index contributed by atoms with van der Waals surface area (Å²) in [5.74, 6) is 0.913. The van der Waals surface area contributed by atoms with Crippen LogP contribution < -0.4 is 0 Å². The van der Waals surface area contributed by atoms with E-state index in [2.05, 4.69) is 15.9 Å². The minimum atomic E-state index is 0.691. The lowest BCUT2D eigenvalue weighted by molar-refractivity contribution is 0.156. The molecule has 0 atom stereocenters. The van der Waals surface area contributed by atoms with Crippen molar-refractivity contribution in [1.29, 1.82) is 5.26 Å². The van der Waals surface area contributed by atoms with Crippen molar-refractivity contribution in [2.75, 3.05) is 39.3 Å². The summed E-state index contributed by atoms with van der Waals surface area (Å²) in [5, 5.41) is 8.56. The molecule has 0 radical (unpaired) electrons. The first-order valence-corrected chi connectivity index (χ1v) is 6.70. The van der Waals surface area contributed by atoms with E-state index in [9.17, 15) is 0 Å². The van der Waals surface area contributed by atoms with E-state index in [1.807, 2.05) is 0 Å². The average molecular weight is 221 g/mol. The fourth-order valence-electron chi connectivity index (χ4n) is 2.93. The van der Waals surface area contributed by atoms with Gasteiger partial charge in [0.1, 0.15) is 0 Å². The van der Waals surface area contributed by atoms with Crippen molar-refractivity contribution in [3.05, 3.63) is 0 Å². The van der Waals surface area contributed by atoms with Crippen LogP contribution in [0.1, 0.15) is 32.1 Å². The minimum Gasteiger partial charge on any atom is -0.303 e. The van der Waals surface area contributed by atoms with Crippen LogP contribution in [-0.4, -0.2) is 49.1 Å². The normalized spacial score (nSPS) is 24.7. The van der Waals surface area contributed by atoms with Gasteiger partial charge in [-0.25, -0.2) is 0 Å². The standard InChI is InChI=1S/C13H23N3/c14-6-3-9-15-10-4-13(5-11-15)12-16-7-1-2-8-16/h13H,1-5,7-12H2. The number of hydrogen-bond donors (Lipinski definition) is 0. The Morgan fingerprint density at radius 3 is 2.31 bits per heavy atom. The summed E-state index contributed by atoms with van der Waals surface area (Å²) in [5.41, 5.74) is 0. The molecule has 2 fully saturated rings. The third-order valence-electron chi connectivity index (χ3n) is 3.96. The lowest BCUT2D eigenvalue weighted by atomic mass is 9.96. The Kier molecular flexibility index (Phi) is 4.62. The summed E-state index contributed by atoms with van der Waals surface area (Å²) in [6.45, 7) is 7.38. The van der Waals surface area contributed by atoms with E-state index in [4.69, 9.17) is 5.26 Å². The minimum absolute atomic E-state index is 0.691. The van der Waals surface area contributed by atoms with Crippen LogP contribution in [0.15, 0.2) is 0 Å². The summed E-state index contributed by atoms with van der Waals surface area (Å²) in [4.78, 5) is 5.08. The molecule has 0 N–H and O–H groups in total. The molecule has 0 spiro atoms. The highest BCUT2D eigenvalue weighted by Crippen LogP contribution is 2.20. The fraction of sp³-hybridized carbons (Fsp3) is 0.923. The van der Waals surface area contributed by atoms with Gasteiger partial charge in [-0.15, -0.1) is 0 Å². The maximum Gasteiger partial charge on any atom is 0.0635 e. The second-order valence-electron chi connectivity index (χ2n) is 5.20. The maximum absolute atomic E-state index is 8.56. The number of nitriles is 1. The van der Waals surface area contributed by atoms with E-state index in [-0.39, 0.29) is 0 Å². The molecule has 0 aromatic carbocycles. The molecule has 0 aliphatic carbocycles. The molecule has 0 amide bonds. The number of rotatable bonds is 4. The predicted octanol–water partition coefficient (Wildman–Crippen LogP) is 1.71. The predicted molar refractivity (Wildman–Crippen MR) is 65.1 cm³/mol. The van der Waals surface area contributed by atoms with Gasteiger partial charge in [0.25, 0.3) is 0 Å². The second kappa shape index (κ2) is 6.22. The molecule has 16 heavy (non-hydrogen) atoms. The molecule has 3 nitrogen and oxygen atoms in total. The summed E-state index contributed by atoms with van der Waals surface area (Å²) >= 11 is 0. The van der Waals surface area contributed by atoms with Crippen molar-refractivity contribution in [2.45, 2.75) is 32.1 Å². The van der Waals surface area contributed by atoms with Crippen molar-refractivity contribution in [3.63, 3.8) is 0 Å². The number of nitrogens with zero attached hydrogens (tertiary/aromatic N) is 3. The van der Waals surface area contributed by atoms with Crippen molar-refractivity contribution < 1.29 is 0 Å². The SMILES string of the molecule is N#CCCN1CCC(CN2CCCC2)CC1. The van der Waals surface area contributed by atoms with Crippen molar-refractivity contribution in [2.24, 2.45) is 5.92 Å². The molecule has 2 saturated heterocycles. The quantitative estimate of drug-likeness (QED) is 0.724. The summed E-state index contributed by atoms with van der Waals surface area (Å²) in [7, 11) is 0. The van der Waals surface area contributed by atoms with E-state index in [0.717, 1.165) is 12.5 Å². The largest absolute Gasteiger partial charge is 0.303 e. The first-order valence-electron chi connectivity index (χ1n) is 6.70. The van der Waals surface area contributed by atoms with Gasteiger partial charge < -0.3 is 9.80 Å².